The first-order valence-corrected chi connectivity index (χ1v) is 5.26. The Morgan fingerprint density at radius 3 is 2.82 bits per heavy atom. The molecule has 94 valence electrons. The van der Waals surface area contributed by atoms with Gasteiger partial charge < -0.3 is 19.6 Å². The normalized spacial score (nSPS) is 12.1. The van der Waals surface area contributed by atoms with Gasteiger partial charge in [-0.3, -0.25) is 4.79 Å². The lowest BCUT2D eigenvalue weighted by atomic mass is 10.3. The van der Waals surface area contributed by atoms with Crippen LogP contribution in [0, 0.1) is 0 Å². The molecule has 2 N–H and O–H groups in total. The summed E-state index contributed by atoms with van der Waals surface area (Å²) < 4.78 is 10.1. The van der Waals surface area contributed by atoms with Crippen molar-refractivity contribution in [3.63, 3.8) is 0 Å². The molecule has 0 aliphatic rings. The molecule has 0 aromatic carbocycles. The van der Waals surface area contributed by atoms with Crippen molar-refractivity contribution in [2.45, 2.75) is 20.0 Å². The van der Waals surface area contributed by atoms with Crippen LogP contribution in [0.4, 0.5) is 0 Å². The van der Waals surface area contributed by atoms with E-state index in [0.717, 1.165) is 6.26 Å². The summed E-state index contributed by atoms with van der Waals surface area (Å²) in [5.41, 5.74) is -0.0481. The Morgan fingerprint density at radius 2 is 2.29 bits per heavy atom. The zero-order valence-corrected chi connectivity index (χ0v) is 9.73. The molecule has 1 atom stereocenters. The smallest absolute Gasteiger partial charge is 0.338 e. The number of carboxylic acid groups (broad SMARTS) is 1. The molecule has 6 heteroatoms. The Hall–Kier alpha value is -1.82. The maximum Gasteiger partial charge on any atom is 0.338 e. The fraction of sp³-hybridized carbons (Fsp3) is 0.455. The van der Waals surface area contributed by atoms with Crippen LogP contribution in [0.1, 0.15) is 34.8 Å². The number of carboxylic acids is 1. The third-order valence-corrected chi connectivity index (χ3v) is 2.07. The first kappa shape index (κ1) is 13.2. The van der Waals surface area contributed by atoms with E-state index >= 15 is 0 Å². The van der Waals surface area contributed by atoms with Crippen LogP contribution in [0.3, 0.4) is 0 Å². The van der Waals surface area contributed by atoms with Gasteiger partial charge in [-0.25, -0.2) is 4.79 Å². The van der Waals surface area contributed by atoms with Crippen molar-refractivity contribution in [3.8, 4) is 0 Å². The molecule has 6 nitrogen and oxygen atoms in total. The molecule has 1 aromatic rings. The molecule has 0 saturated carbocycles. The Labute approximate surface area is 98.6 Å². The van der Waals surface area contributed by atoms with E-state index in [1.165, 1.54) is 6.07 Å². The van der Waals surface area contributed by atoms with E-state index in [2.05, 4.69) is 5.32 Å². The lowest BCUT2D eigenvalue weighted by molar-refractivity contribution is 0.0684. The lowest BCUT2D eigenvalue weighted by Crippen LogP contribution is -2.31. The van der Waals surface area contributed by atoms with Crippen LogP contribution in [0.2, 0.25) is 0 Å². The predicted molar refractivity (Wildman–Crippen MR) is 59.1 cm³/mol. The summed E-state index contributed by atoms with van der Waals surface area (Å²) in [4.78, 5) is 22.1. The number of amides is 1. The monoisotopic (exact) mass is 241 g/mol. The van der Waals surface area contributed by atoms with Crippen molar-refractivity contribution in [2.75, 3.05) is 13.2 Å². The summed E-state index contributed by atoms with van der Waals surface area (Å²) in [6, 6.07) is 1.18. The second kappa shape index (κ2) is 6.05. The third kappa shape index (κ3) is 3.92. The van der Waals surface area contributed by atoms with Crippen LogP contribution in [0.25, 0.3) is 0 Å². The quantitative estimate of drug-likeness (QED) is 0.779. The number of carbonyl (C=O) groups is 2. The van der Waals surface area contributed by atoms with Gasteiger partial charge in [-0.2, -0.15) is 0 Å². The van der Waals surface area contributed by atoms with Crippen molar-refractivity contribution < 1.29 is 23.8 Å². The number of nitrogens with one attached hydrogen (secondary N) is 1. The summed E-state index contributed by atoms with van der Waals surface area (Å²) in [5, 5.41) is 11.2. The Kier molecular flexibility index (Phi) is 4.71. The first-order chi connectivity index (χ1) is 8.04. The molecule has 1 aromatic heterocycles. The zero-order valence-electron chi connectivity index (χ0n) is 9.73. The highest BCUT2D eigenvalue weighted by atomic mass is 16.5. The number of hydrogen-bond acceptors (Lipinski definition) is 4. The van der Waals surface area contributed by atoms with Crippen LogP contribution in [-0.4, -0.2) is 36.2 Å². The standard InChI is InChI=1S/C11H15NO5/c1-3-16-7(2)5-12-10(13)9-4-8(6-17-9)11(14)15/h4,6-7H,3,5H2,1-2H3,(H,12,13)(H,14,15). The Morgan fingerprint density at radius 1 is 1.59 bits per heavy atom. The maximum absolute atomic E-state index is 11.5. The summed E-state index contributed by atoms with van der Waals surface area (Å²) in [6.07, 6.45) is 0.932. The lowest BCUT2D eigenvalue weighted by Gasteiger charge is -2.11. The molecule has 1 heterocycles. The van der Waals surface area contributed by atoms with Gasteiger partial charge in [0.1, 0.15) is 6.26 Å². The molecule has 0 spiro atoms. The number of carbonyl (C=O) groups excluding carboxylic acids is 1. The minimum absolute atomic E-state index is 0.0221. The van der Waals surface area contributed by atoms with Gasteiger partial charge in [0, 0.05) is 19.2 Å². The number of hydrogen-bond donors (Lipinski definition) is 2. The molecular formula is C11H15NO5. The topological polar surface area (TPSA) is 88.8 Å². The highest BCUT2D eigenvalue weighted by Crippen LogP contribution is 2.07. The molecule has 17 heavy (non-hydrogen) atoms. The molecule has 0 fully saturated rings. The minimum atomic E-state index is -1.13. The van der Waals surface area contributed by atoms with Crippen LogP contribution >= 0.6 is 0 Å². The van der Waals surface area contributed by atoms with Crippen LogP contribution in [0.5, 0.6) is 0 Å². The predicted octanol–water partition coefficient (Wildman–Crippen LogP) is 1.13. The molecule has 0 aliphatic heterocycles. The van der Waals surface area contributed by atoms with E-state index < -0.39 is 11.9 Å². The highest BCUT2D eigenvalue weighted by Gasteiger charge is 2.14. The van der Waals surface area contributed by atoms with Crippen molar-refractivity contribution in [1.82, 2.24) is 5.32 Å². The zero-order chi connectivity index (χ0) is 12.8. The van der Waals surface area contributed by atoms with Gasteiger partial charge in [0.15, 0.2) is 5.76 Å². The van der Waals surface area contributed by atoms with Crippen LogP contribution < -0.4 is 5.32 Å². The summed E-state index contributed by atoms with van der Waals surface area (Å²) in [7, 11) is 0. The van der Waals surface area contributed by atoms with E-state index in [9.17, 15) is 9.59 Å². The molecule has 0 saturated heterocycles. The van der Waals surface area contributed by atoms with Gasteiger partial charge in [0.2, 0.25) is 0 Å². The maximum atomic E-state index is 11.5. The summed E-state index contributed by atoms with van der Waals surface area (Å²) >= 11 is 0. The van der Waals surface area contributed by atoms with Crippen molar-refractivity contribution in [2.24, 2.45) is 0 Å². The van der Waals surface area contributed by atoms with Crippen LogP contribution in [-0.2, 0) is 4.74 Å². The third-order valence-electron chi connectivity index (χ3n) is 2.07. The highest BCUT2D eigenvalue weighted by molar-refractivity contribution is 5.95. The van der Waals surface area contributed by atoms with E-state index in [1.807, 2.05) is 13.8 Å². The minimum Gasteiger partial charge on any atom is -0.478 e. The van der Waals surface area contributed by atoms with Gasteiger partial charge in [-0.05, 0) is 13.8 Å². The first-order valence-electron chi connectivity index (χ1n) is 5.26. The number of rotatable bonds is 6. The van der Waals surface area contributed by atoms with Gasteiger partial charge >= 0.3 is 5.97 Å². The number of aromatic carboxylic acids is 1. The Bertz CT molecular complexity index is 398. The second-order valence-corrected chi connectivity index (χ2v) is 3.48. The Balaban J connectivity index is 2.49. The summed E-state index contributed by atoms with van der Waals surface area (Å²) in [6.45, 7) is 4.61. The molecule has 0 bridgehead atoms. The summed E-state index contributed by atoms with van der Waals surface area (Å²) in [5.74, 6) is -1.61. The number of ether oxygens (including phenoxy) is 1. The van der Waals surface area contributed by atoms with Crippen LogP contribution in [0.15, 0.2) is 16.7 Å². The fourth-order valence-electron chi connectivity index (χ4n) is 1.23. The van der Waals surface area contributed by atoms with E-state index in [1.54, 1.807) is 0 Å². The van der Waals surface area contributed by atoms with E-state index in [4.69, 9.17) is 14.3 Å². The molecule has 0 aliphatic carbocycles. The second-order valence-electron chi connectivity index (χ2n) is 3.48. The van der Waals surface area contributed by atoms with Gasteiger partial charge in [-0.15, -0.1) is 0 Å². The number of furan rings is 1. The SMILES string of the molecule is CCOC(C)CNC(=O)c1cc(C(=O)O)co1. The average Bonchev–Trinajstić information content (AvgIpc) is 2.75. The van der Waals surface area contributed by atoms with Crippen molar-refractivity contribution in [3.05, 3.63) is 23.7 Å². The van der Waals surface area contributed by atoms with Gasteiger partial charge in [-0.1, -0.05) is 0 Å². The van der Waals surface area contributed by atoms with E-state index in [-0.39, 0.29) is 17.4 Å². The van der Waals surface area contributed by atoms with Crippen molar-refractivity contribution >= 4 is 11.9 Å². The largest absolute Gasteiger partial charge is 0.478 e. The molecule has 1 amide bonds. The fourth-order valence-corrected chi connectivity index (χ4v) is 1.23. The molecule has 1 rings (SSSR count). The molecular weight excluding hydrogens is 226 g/mol. The molecule has 1 unspecified atom stereocenters. The van der Waals surface area contributed by atoms with Gasteiger partial charge in [0.05, 0.1) is 11.7 Å². The van der Waals surface area contributed by atoms with E-state index in [0.29, 0.717) is 13.2 Å². The van der Waals surface area contributed by atoms with Gasteiger partial charge in [0.25, 0.3) is 5.91 Å². The average molecular weight is 241 g/mol. The molecule has 0 radical (unpaired) electrons. The van der Waals surface area contributed by atoms with Crippen molar-refractivity contribution in [1.29, 1.82) is 0 Å².